The van der Waals surface area contributed by atoms with Gasteiger partial charge < -0.3 is 10.6 Å². The number of rotatable bonds is 4. The quantitative estimate of drug-likeness (QED) is 0.758. The van der Waals surface area contributed by atoms with E-state index in [-0.39, 0.29) is 24.5 Å². The maximum absolute atomic E-state index is 11.8. The lowest BCUT2D eigenvalue weighted by atomic mass is 9.91. The number of carbonyl (C=O) groups excluding carboxylic acids is 1. The summed E-state index contributed by atoms with van der Waals surface area (Å²) < 4.78 is 24.9. The number of likely N-dealkylation sites (N-methyl/N-ethyl adjacent to an activating group) is 1. The molecule has 6 nitrogen and oxygen atoms in total. The van der Waals surface area contributed by atoms with Gasteiger partial charge in [0.2, 0.25) is 15.9 Å². The second-order valence-electron chi connectivity index (χ2n) is 5.18. The van der Waals surface area contributed by atoms with E-state index >= 15 is 0 Å². The zero-order chi connectivity index (χ0) is 13.9. The van der Waals surface area contributed by atoms with E-state index in [2.05, 4.69) is 0 Å². The fourth-order valence-electron chi connectivity index (χ4n) is 2.25. The van der Waals surface area contributed by atoms with E-state index in [0.29, 0.717) is 6.42 Å². The molecule has 0 saturated heterocycles. The summed E-state index contributed by atoms with van der Waals surface area (Å²) in [4.78, 5) is 13.1. The molecule has 0 aliphatic heterocycles. The maximum Gasteiger partial charge on any atom is 0.237 e. The van der Waals surface area contributed by atoms with E-state index < -0.39 is 10.0 Å². The van der Waals surface area contributed by atoms with Crippen LogP contribution in [0.1, 0.15) is 25.7 Å². The summed E-state index contributed by atoms with van der Waals surface area (Å²) in [5, 5.41) is 0. The molecule has 2 atom stereocenters. The third-order valence-corrected chi connectivity index (χ3v) is 4.59. The number of nitrogens with zero attached hydrogens (tertiary/aromatic N) is 2. The Morgan fingerprint density at radius 2 is 1.94 bits per heavy atom. The van der Waals surface area contributed by atoms with Crippen LogP contribution in [0, 0.1) is 0 Å². The minimum absolute atomic E-state index is 0.0301. The average molecular weight is 277 g/mol. The van der Waals surface area contributed by atoms with Crippen LogP contribution in [0.5, 0.6) is 0 Å². The number of hydrogen-bond donors (Lipinski definition) is 1. The Hall–Kier alpha value is -0.660. The van der Waals surface area contributed by atoms with Crippen LogP contribution in [0.2, 0.25) is 0 Å². The number of carbonyl (C=O) groups is 1. The maximum atomic E-state index is 11.8. The molecule has 7 heteroatoms. The first-order chi connectivity index (χ1) is 8.21. The van der Waals surface area contributed by atoms with Crippen molar-refractivity contribution < 1.29 is 13.2 Å². The van der Waals surface area contributed by atoms with E-state index in [1.165, 1.54) is 9.21 Å². The zero-order valence-electron chi connectivity index (χ0n) is 11.3. The summed E-state index contributed by atoms with van der Waals surface area (Å²) in [5.41, 5.74) is 5.88. The Morgan fingerprint density at radius 1 is 1.33 bits per heavy atom. The van der Waals surface area contributed by atoms with Crippen molar-refractivity contribution in [2.24, 2.45) is 5.73 Å². The standard InChI is InChI=1S/C11H23N3O3S/c1-13(2)11(15)8-14(18(3,16)17)10-6-4-5-9(12)7-10/h9-10H,4-8,12H2,1-3H3. The zero-order valence-corrected chi connectivity index (χ0v) is 12.1. The molecule has 2 unspecified atom stereocenters. The second kappa shape index (κ2) is 5.99. The first kappa shape index (κ1) is 15.4. The molecule has 1 aliphatic carbocycles. The summed E-state index contributed by atoms with van der Waals surface area (Å²) in [6, 6.07) is -0.116. The minimum atomic E-state index is -3.39. The highest BCUT2D eigenvalue weighted by Gasteiger charge is 2.32. The van der Waals surface area contributed by atoms with E-state index in [9.17, 15) is 13.2 Å². The van der Waals surface area contributed by atoms with Crippen molar-refractivity contribution in [1.82, 2.24) is 9.21 Å². The fourth-order valence-corrected chi connectivity index (χ4v) is 3.33. The fraction of sp³-hybridized carbons (Fsp3) is 0.909. The highest BCUT2D eigenvalue weighted by molar-refractivity contribution is 7.88. The molecule has 18 heavy (non-hydrogen) atoms. The van der Waals surface area contributed by atoms with Crippen LogP contribution in [-0.4, -0.2) is 62.5 Å². The molecule has 0 aromatic rings. The van der Waals surface area contributed by atoms with Gasteiger partial charge in [0, 0.05) is 26.2 Å². The van der Waals surface area contributed by atoms with Gasteiger partial charge in [0.25, 0.3) is 0 Å². The van der Waals surface area contributed by atoms with Crippen LogP contribution in [0.3, 0.4) is 0 Å². The molecule has 2 N–H and O–H groups in total. The summed E-state index contributed by atoms with van der Waals surface area (Å²) in [7, 11) is -0.145. The molecule has 0 radical (unpaired) electrons. The molecule has 0 heterocycles. The molecule has 106 valence electrons. The summed E-state index contributed by atoms with van der Waals surface area (Å²) in [5.74, 6) is -0.209. The predicted molar refractivity (Wildman–Crippen MR) is 70.5 cm³/mol. The first-order valence-electron chi connectivity index (χ1n) is 6.14. The van der Waals surface area contributed by atoms with Crippen molar-refractivity contribution in [2.45, 2.75) is 37.8 Å². The molecule has 0 bridgehead atoms. The van der Waals surface area contributed by atoms with Crippen LogP contribution < -0.4 is 5.73 Å². The van der Waals surface area contributed by atoms with Gasteiger partial charge in [-0.1, -0.05) is 6.42 Å². The first-order valence-corrected chi connectivity index (χ1v) is 7.99. The highest BCUT2D eigenvalue weighted by Crippen LogP contribution is 2.23. The topological polar surface area (TPSA) is 83.7 Å². The van der Waals surface area contributed by atoms with Gasteiger partial charge in [0.15, 0.2) is 0 Å². The van der Waals surface area contributed by atoms with Gasteiger partial charge in [-0.15, -0.1) is 0 Å². The molecule has 0 aromatic carbocycles. The van der Waals surface area contributed by atoms with Gasteiger partial charge in [-0.05, 0) is 19.3 Å². The van der Waals surface area contributed by atoms with E-state index in [4.69, 9.17) is 5.73 Å². The Morgan fingerprint density at radius 3 is 2.39 bits per heavy atom. The lowest BCUT2D eigenvalue weighted by molar-refractivity contribution is -0.129. The largest absolute Gasteiger partial charge is 0.348 e. The number of hydrogen-bond acceptors (Lipinski definition) is 4. The minimum Gasteiger partial charge on any atom is -0.348 e. The van der Waals surface area contributed by atoms with E-state index in [0.717, 1.165) is 25.5 Å². The van der Waals surface area contributed by atoms with Crippen molar-refractivity contribution in [3.63, 3.8) is 0 Å². The average Bonchev–Trinajstić information content (AvgIpc) is 2.23. The molecule has 1 saturated carbocycles. The summed E-state index contributed by atoms with van der Waals surface area (Å²) in [6.07, 6.45) is 4.40. The second-order valence-corrected chi connectivity index (χ2v) is 7.11. The molecule has 0 aromatic heterocycles. The van der Waals surface area contributed by atoms with Crippen molar-refractivity contribution in [2.75, 3.05) is 26.9 Å². The molecule has 1 rings (SSSR count). The molecular weight excluding hydrogens is 254 g/mol. The molecule has 1 aliphatic rings. The van der Waals surface area contributed by atoms with Gasteiger partial charge in [-0.3, -0.25) is 4.79 Å². The third-order valence-electron chi connectivity index (χ3n) is 3.31. The van der Waals surface area contributed by atoms with Crippen molar-refractivity contribution in [3.05, 3.63) is 0 Å². The van der Waals surface area contributed by atoms with Gasteiger partial charge in [-0.2, -0.15) is 4.31 Å². The number of amides is 1. The van der Waals surface area contributed by atoms with Crippen molar-refractivity contribution in [1.29, 1.82) is 0 Å². The molecule has 1 amide bonds. The van der Waals surface area contributed by atoms with E-state index in [1.807, 2.05) is 0 Å². The smallest absolute Gasteiger partial charge is 0.237 e. The van der Waals surface area contributed by atoms with Crippen LogP contribution in [0.25, 0.3) is 0 Å². The molecular formula is C11H23N3O3S. The van der Waals surface area contributed by atoms with Gasteiger partial charge in [0.1, 0.15) is 0 Å². The highest BCUT2D eigenvalue weighted by atomic mass is 32.2. The lowest BCUT2D eigenvalue weighted by Crippen LogP contribution is -2.49. The molecule has 1 fully saturated rings. The van der Waals surface area contributed by atoms with Gasteiger partial charge in [-0.25, -0.2) is 8.42 Å². The number of sulfonamides is 1. The Bertz CT molecular complexity index is 394. The van der Waals surface area contributed by atoms with Gasteiger partial charge >= 0.3 is 0 Å². The SMILES string of the molecule is CN(C)C(=O)CN(C1CCCC(N)C1)S(C)(=O)=O. The van der Waals surface area contributed by atoms with Crippen molar-refractivity contribution >= 4 is 15.9 Å². The summed E-state index contributed by atoms with van der Waals surface area (Å²) in [6.45, 7) is -0.0940. The van der Waals surface area contributed by atoms with Crippen LogP contribution >= 0.6 is 0 Å². The van der Waals surface area contributed by atoms with Gasteiger partial charge in [0.05, 0.1) is 12.8 Å². The molecule has 0 spiro atoms. The monoisotopic (exact) mass is 277 g/mol. The summed E-state index contributed by atoms with van der Waals surface area (Å²) >= 11 is 0. The van der Waals surface area contributed by atoms with Crippen LogP contribution in [-0.2, 0) is 14.8 Å². The normalized spacial score (nSPS) is 25.2. The van der Waals surface area contributed by atoms with E-state index in [1.54, 1.807) is 14.1 Å². The van der Waals surface area contributed by atoms with Crippen LogP contribution in [0.15, 0.2) is 0 Å². The number of nitrogens with two attached hydrogens (primary N) is 1. The third kappa shape index (κ3) is 4.22. The Balaban J connectivity index is 2.82. The Kier molecular flexibility index (Phi) is 5.12. The van der Waals surface area contributed by atoms with Crippen molar-refractivity contribution in [3.8, 4) is 0 Å². The van der Waals surface area contributed by atoms with Crippen LogP contribution in [0.4, 0.5) is 0 Å². The predicted octanol–water partition coefficient (Wildman–Crippen LogP) is -0.394. The Labute approximate surface area is 109 Å². The lowest BCUT2D eigenvalue weighted by Gasteiger charge is -2.34.